The van der Waals surface area contributed by atoms with E-state index in [0.29, 0.717) is 17.2 Å². The van der Waals surface area contributed by atoms with Gasteiger partial charge in [-0.2, -0.15) is 4.31 Å². The highest BCUT2D eigenvalue weighted by Gasteiger charge is 2.29. The number of methoxy groups -OCH3 is 2. The van der Waals surface area contributed by atoms with Crippen LogP contribution < -0.4 is 14.8 Å². The molecule has 0 radical (unpaired) electrons. The third-order valence-corrected chi connectivity index (χ3v) is 7.38. The second kappa shape index (κ2) is 9.49. The fraction of sp³-hybridized carbons (Fsp3) is 0.409. The summed E-state index contributed by atoms with van der Waals surface area (Å²) in [5, 5.41) is 2.77. The van der Waals surface area contributed by atoms with Crippen LogP contribution >= 0.6 is 0 Å². The standard InChI is InChI=1S/C22H28N2O5S/c1-24(18-9-5-4-6-10-18)30(26,27)21-11-7-8-16(12-21)22(25)23-17-13-19(28-2)15-20(14-17)29-3/h7-8,11-15,18H,4-6,9-10H2,1-3H3,(H,23,25). The number of anilines is 1. The number of ether oxygens (including phenoxy) is 2. The maximum atomic E-state index is 13.1. The molecule has 1 saturated carbocycles. The third kappa shape index (κ3) is 4.94. The maximum Gasteiger partial charge on any atom is 0.255 e. The van der Waals surface area contributed by atoms with Gasteiger partial charge in [-0.25, -0.2) is 8.42 Å². The number of nitrogens with zero attached hydrogens (tertiary/aromatic N) is 1. The molecule has 3 rings (SSSR count). The van der Waals surface area contributed by atoms with Crippen molar-refractivity contribution in [2.75, 3.05) is 26.6 Å². The lowest BCUT2D eigenvalue weighted by Crippen LogP contribution is -2.38. The molecule has 1 N–H and O–H groups in total. The van der Waals surface area contributed by atoms with Gasteiger partial charge in [0.25, 0.3) is 5.91 Å². The quantitative estimate of drug-likeness (QED) is 0.717. The van der Waals surface area contributed by atoms with Crippen molar-refractivity contribution >= 4 is 21.6 Å². The molecule has 2 aromatic rings. The van der Waals surface area contributed by atoms with Crippen LogP contribution in [0.25, 0.3) is 0 Å². The summed E-state index contributed by atoms with van der Waals surface area (Å²) in [5.74, 6) is 0.660. The van der Waals surface area contributed by atoms with E-state index in [-0.39, 0.29) is 16.5 Å². The molecule has 0 atom stereocenters. The Kier molecular flexibility index (Phi) is 6.99. The summed E-state index contributed by atoms with van der Waals surface area (Å²) < 4.78 is 38.1. The molecule has 1 fully saturated rings. The van der Waals surface area contributed by atoms with Crippen LogP contribution in [0.2, 0.25) is 0 Å². The number of sulfonamides is 1. The molecule has 2 aromatic carbocycles. The fourth-order valence-corrected chi connectivity index (χ4v) is 5.15. The molecule has 0 saturated heterocycles. The molecule has 0 aliphatic heterocycles. The Labute approximate surface area is 178 Å². The zero-order chi connectivity index (χ0) is 21.7. The monoisotopic (exact) mass is 432 g/mol. The fourth-order valence-electron chi connectivity index (χ4n) is 3.69. The molecule has 8 heteroatoms. The lowest BCUT2D eigenvalue weighted by Gasteiger charge is -2.30. The van der Waals surface area contributed by atoms with E-state index in [2.05, 4.69) is 5.32 Å². The van der Waals surface area contributed by atoms with Gasteiger partial charge in [-0.3, -0.25) is 4.79 Å². The summed E-state index contributed by atoms with van der Waals surface area (Å²) in [5.41, 5.74) is 0.749. The number of hydrogen-bond acceptors (Lipinski definition) is 5. The zero-order valence-corrected chi connectivity index (χ0v) is 18.4. The van der Waals surface area contributed by atoms with Gasteiger partial charge in [0.1, 0.15) is 11.5 Å². The summed E-state index contributed by atoms with van der Waals surface area (Å²) >= 11 is 0. The van der Waals surface area contributed by atoms with Crippen LogP contribution in [0.5, 0.6) is 11.5 Å². The minimum Gasteiger partial charge on any atom is -0.497 e. The summed E-state index contributed by atoms with van der Waals surface area (Å²) in [6.07, 6.45) is 4.96. The van der Waals surface area contributed by atoms with Gasteiger partial charge >= 0.3 is 0 Å². The topological polar surface area (TPSA) is 84.9 Å². The number of rotatable bonds is 7. The normalized spacial score (nSPS) is 15.1. The summed E-state index contributed by atoms with van der Waals surface area (Å²) in [4.78, 5) is 12.9. The van der Waals surface area contributed by atoms with Crippen molar-refractivity contribution in [1.82, 2.24) is 4.31 Å². The second-order valence-electron chi connectivity index (χ2n) is 7.40. The number of nitrogens with one attached hydrogen (secondary N) is 1. The van der Waals surface area contributed by atoms with Crippen LogP contribution in [-0.2, 0) is 10.0 Å². The first kappa shape index (κ1) is 22.1. The van der Waals surface area contributed by atoms with Crippen LogP contribution in [0, 0.1) is 0 Å². The molecule has 0 heterocycles. The van der Waals surface area contributed by atoms with E-state index in [1.807, 2.05) is 0 Å². The van der Waals surface area contributed by atoms with E-state index >= 15 is 0 Å². The molecular weight excluding hydrogens is 404 g/mol. The molecule has 0 bridgehead atoms. The summed E-state index contributed by atoms with van der Waals surface area (Å²) in [7, 11) is 1.00. The Morgan fingerprint density at radius 2 is 1.63 bits per heavy atom. The smallest absolute Gasteiger partial charge is 0.255 e. The van der Waals surface area contributed by atoms with E-state index in [1.165, 1.54) is 30.7 Å². The first-order valence-corrected chi connectivity index (χ1v) is 11.4. The SMILES string of the molecule is COc1cc(NC(=O)c2cccc(S(=O)(=O)N(C)C3CCCCC3)c2)cc(OC)c1. The Balaban J connectivity index is 1.81. The van der Waals surface area contributed by atoms with E-state index in [9.17, 15) is 13.2 Å². The van der Waals surface area contributed by atoms with Gasteiger partial charge in [-0.05, 0) is 31.0 Å². The van der Waals surface area contributed by atoms with Crippen molar-refractivity contribution in [2.45, 2.75) is 43.0 Å². The number of hydrogen-bond donors (Lipinski definition) is 1. The van der Waals surface area contributed by atoms with Gasteiger partial charge in [0.15, 0.2) is 0 Å². The van der Waals surface area contributed by atoms with Crippen molar-refractivity contribution < 1.29 is 22.7 Å². The molecule has 30 heavy (non-hydrogen) atoms. The second-order valence-corrected chi connectivity index (χ2v) is 9.39. The van der Waals surface area contributed by atoms with Crippen LogP contribution in [0.1, 0.15) is 42.5 Å². The third-order valence-electron chi connectivity index (χ3n) is 5.47. The van der Waals surface area contributed by atoms with E-state index in [4.69, 9.17) is 9.47 Å². The van der Waals surface area contributed by atoms with Crippen molar-refractivity contribution in [2.24, 2.45) is 0 Å². The minimum atomic E-state index is -3.68. The zero-order valence-electron chi connectivity index (χ0n) is 17.6. The predicted molar refractivity (Wildman–Crippen MR) is 116 cm³/mol. The Morgan fingerprint density at radius 3 is 2.23 bits per heavy atom. The molecular formula is C22H28N2O5S. The lowest BCUT2D eigenvalue weighted by molar-refractivity contribution is 0.102. The average molecular weight is 433 g/mol. The number of carbonyl (C=O) groups is 1. The first-order valence-electron chi connectivity index (χ1n) is 9.97. The lowest BCUT2D eigenvalue weighted by atomic mass is 9.96. The van der Waals surface area contributed by atoms with Crippen LogP contribution in [0.3, 0.4) is 0 Å². The van der Waals surface area contributed by atoms with Gasteiger partial charge in [-0.15, -0.1) is 0 Å². The molecule has 162 valence electrons. The van der Waals surface area contributed by atoms with Crippen molar-refractivity contribution in [1.29, 1.82) is 0 Å². The van der Waals surface area contributed by atoms with E-state index in [1.54, 1.807) is 37.4 Å². The summed E-state index contributed by atoms with van der Waals surface area (Å²) in [6, 6.07) is 11.2. The highest BCUT2D eigenvalue weighted by molar-refractivity contribution is 7.89. The first-order chi connectivity index (χ1) is 14.3. The van der Waals surface area contributed by atoms with Gasteiger partial charge in [0.05, 0.1) is 19.1 Å². The number of carbonyl (C=O) groups excluding carboxylic acids is 1. The number of amides is 1. The molecule has 0 spiro atoms. The Bertz CT molecular complexity index is 978. The highest BCUT2D eigenvalue weighted by Crippen LogP contribution is 2.28. The van der Waals surface area contributed by atoms with E-state index in [0.717, 1.165) is 32.1 Å². The van der Waals surface area contributed by atoms with Crippen LogP contribution in [0.4, 0.5) is 5.69 Å². The van der Waals surface area contributed by atoms with Crippen molar-refractivity contribution in [3.8, 4) is 11.5 Å². The maximum absolute atomic E-state index is 13.1. The predicted octanol–water partition coefficient (Wildman–Crippen LogP) is 3.91. The molecule has 0 unspecified atom stereocenters. The highest BCUT2D eigenvalue weighted by atomic mass is 32.2. The van der Waals surface area contributed by atoms with Gasteiger partial charge in [-0.1, -0.05) is 25.3 Å². The van der Waals surface area contributed by atoms with E-state index < -0.39 is 15.9 Å². The number of benzene rings is 2. The molecule has 7 nitrogen and oxygen atoms in total. The summed E-state index contributed by atoms with van der Waals surface area (Å²) in [6.45, 7) is 0. The Hall–Kier alpha value is -2.58. The largest absolute Gasteiger partial charge is 0.497 e. The Morgan fingerprint density at radius 1 is 1.00 bits per heavy atom. The molecule has 0 aromatic heterocycles. The van der Waals surface area contributed by atoms with Crippen molar-refractivity contribution in [3.63, 3.8) is 0 Å². The molecule has 1 aliphatic carbocycles. The minimum absolute atomic E-state index is 0.00508. The molecule has 1 aliphatic rings. The van der Waals surface area contributed by atoms with Crippen molar-refractivity contribution in [3.05, 3.63) is 48.0 Å². The van der Waals surface area contributed by atoms with Crippen LogP contribution in [0.15, 0.2) is 47.4 Å². The molecule has 1 amide bonds. The van der Waals surface area contributed by atoms with Gasteiger partial charge < -0.3 is 14.8 Å². The average Bonchev–Trinajstić information content (AvgIpc) is 2.78. The van der Waals surface area contributed by atoms with Gasteiger partial charge in [0.2, 0.25) is 10.0 Å². The van der Waals surface area contributed by atoms with Crippen LogP contribution in [-0.4, -0.2) is 45.9 Å². The van der Waals surface area contributed by atoms with Gasteiger partial charge in [0, 0.05) is 42.5 Å².